The molecule has 0 unspecified atom stereocenters. The molecule has 70 heavy (non-hydrogen) atoms. The molecule has 11 aromatic rings. The Morgan fingerprint density at radius 2 is 1.34 bits per heavy atom. The van der Waals surface area contributed by atoms with E-state index in [4.69, 9.17) is 15.8 Å². The molecule has 8 heteroatoms. The van der Waals surface area contributed by atoms with Crippen LogP contribution in [0.2, 0.25) is 17.3 Å². The van der Waals surface area contributed by atoms with Crippen LogP contribution in [0, 0.1) is 23.8 Å². The molecule has 4 nitrogen and oxygen atoms in total. The SMILES string of the molecule is Fc1ccc(-c2cc(-c3ccc(F)cc3)c3c(c2)oc2c(-c4nc5ccccc5n4-c4cccc(-c5ccccc5)c4)[c-]ccc23)cc1.[2H]C1(c2cc(-c3[c-]cccc3)nc[c]2[Ge]([CH3])([CH3])[CH3])CCCC1.[Ir]. The summed E-state index contributed by atoms with van der Waals surface area (Å²) in [6.45, 7) is 0. The fourth-order valence-corrected chi connectivity index (χ4v) is 12.9. The minimum atomic E-state index is -2.04. The number of pyridine rings is 1. The zero-order chi connectivity index (χ0) is 48.0. The van der Waals surface area contributed by atoms with Gasteiger partial charge in [-0.3, -0.25) is 4.98 Å². The monoisotopic (exact) mass is 1160 g/mol. The van der Waals surface area contributed by atoms with Crippen LogP contribution in [0.3, 0.4) is 0 Å². The van der Waals surface area contributed by atoms with Crippen molar-refractivity contribution in [3.63, 3.8) is 0 Å². The average molecular weight is 1160 g/mol. The number of para-hydroxylation sites is 2. The molecule has 8 aromatic carbocycles. The standard InChI is InChI=1S/C43H25F2N2O.C19H24GeN.Ir/c44-32-20-16-28(17-21-32)31-25-37(29-18-22-33(45)23-19-29)41-35-12-7-13-36(42(35)48-40(41)26-31)43-46-38-14-4-5-15-39(38)47(43)34-11-6-10-30(24-34)27-8-2-1-3-9-27;1-20(2,3)18-14-21-19(16-11-5-4-6-12-16)13-17(18)15-9-7-8-10-15;/h1-12,14-26H;4-6,11,13-15H,7-10H2,1-3H3;/q2*-1;/i;15D;. The summed E-state index contributed by atoms with van der Waals surface area (Å²) >= 11 is -2.04. The fourth-order valence-electron chi connectivity index (χ4n) is 9.73. The molecular formula is C62H49F2GeIrN3O-2. The van der Waals surface area contributed by atoms with Gasteiger partial charge in [-0.05, 0) is 94.0 Å². The zero-order valence-electron chi connectivity index (χ0n) is 40.1. The van der Waals surface area contributed by atoms with Gasteiger partial charge in [0.25, 0.3) is 0 Å². The van der Waals surface area contributed by atoms with Crippen molar-refractivity contribution in [3.8, 4) is 61.7 Å². The first-order valence-corrected chi connectivity index (χ1v) is 30.9. The summed E-state index contributed by atoms with van der Waals surface area (Å²) in [5, 5.41) is 1.78. The summed E-state index contributed by atoms with van der Waals surface area (Å²) in [5.41, 5.74) is 13.7. The zero-order valence-corrected chi connectivity index (χ0v) is 43.6. The minimum Gasteiger partial charge on any atom is 0 e. The maximum Gasteiger partial charge on any atom is 0 e. The second-order valence-corrected chi connectivity index (χ2v) is 29.3. The number of hydrogen-bond acceptors (Lipinski definition) is 3. The topological polar surface area (TPSA) is 43.9 Å². The van der Waals surface area contributed by atoms with E-state index in [9.17, 15) is 8.78 Å². The van der Waals surface area contributed by atoms with Crippen LogP contribution in [0.5, 0.6) is 0 Å². The van der Waals surface area contributed by atoms with Gasteiger partial charge in [-0.25, -0.2) is 8.78 Å². The molecule has 1 radical (unpaired) electrons. The number of furan rings is 1. The first-order chi connectivity index (χ1) is 34.0. The largest absolute Gasteiger partial charge is 0 e. The normalized spacial score (nSPS) is 13.5. The summed E-state index contributed by atoms with van der Waals surface area (Å²) < 4.78 is 47.2. The van der Waals surface area contributed by atoms with Crippen LogP contribution in [0.25, 0.3) is 94.7 Å². The van der Waals surface area contributed by atoms with E-state index in [1.54, 1.807) is 24.3 Å². The van der Waals surface area contributed by atoms with Gasteiger partial charge in [0.2, 0.25) is 0 Å². The van der Waals surface area contributed by atoms with E-state index in [2.05, 4.69) is 101 Å². The van der Waals surface area contributed by atoms with E-state index in [1.165, 1.54) is 47.1 Å². The van der Waals surface area contributed by atoms with Gasteiger partial charge < -0.3 is 8.98 Å². The third kappa shape index (κ3) is 9.34. The van der Waals surface area contributed by atoms with Crippen LogP contribution >= 0.6 is 0 Å². The number of benzene rings is 8. The molecule has 0 aliphatic heterocycles. The average Bonchev–Trinajstić information content (AvgIpc) is 4.13. The molecule has 1 aliphatic carbocycles. The summed E-state index contributed by atoms with van der Waals surface area (Å²) in [6.07, 6.45) is 6.39. The molecule has 0 atom stereocenters. The van der Waals surface area contributed by atoms with E-state index in [0.29, 0.717) is 17.0 Å². The Labute approximate surface area is 425 Å². The Hall–Kier alpha value is -6.77. The maximum atomic E-state index is 14.1. The van der Waals surface area contributed by atoms with Crippen molar-refractivity contribution in [2.75, 3.05) is 0 Å². The van der Waals surface area contributed by atoms with E-state index in [0.717, 1.165) is 90.5 Å². The van der Waals surface area contributed by atoms with Crippen molar-refractivity contribution in [2.45, 2.75) is 48.8 Å². The number of fused-ring (bicyclic) bond motifs is 4. The molecule has 0 spiro atoms. The van der Waals surface area contributed by atoms with Crippen LogP contribution in [0.4, 0.5) is 8.78 Å². The van der Waals surface area contributed by atoms with Crippen LogP contribution in [-0.4, -0.2) is 27.8 Å². The van der Waals surface area contributed by atoms with E-state index in [-0.39, 0.29) is 31.7 Å². The van der Waals surface area contributed by atoms with Crippen molar-refractivity contribution < 1.29 is 34.7 Å². The smallest absolute Gasteiger partial charge is 0 e. The third-order valence-corrected chi connectivity index (χ3v) is 17.4. The minimum absolute atomic E-state index is 0. The fraction of sp³-hybridized carbons (Fsp3) is 0.129. The van der Waals surface area contributed by atoms with Gasteiger partial charge in [0.1, 0.15) is 17.2 Å². The predicted octanol–water partition coefficient (Wildman–Crippen LogP) is 16.4. The number of aromatic nitrogens is 3. The van der Waals surface area contributed by atoms with Crippen molar-refractivity contribution in [2.24, 2.45) is 0 Å². The maximum absolute atomic E-state index is 14.1. The van der Waals surface area contributed by atoms with Crippen LogP contribution in [-0.2, 0) is 20.1 Å². The molecule has 12 rings (SSSR count). The number of imidazole rings is 1. The summed E-state index contributed by atoms with van der Waals surface area (Å²) in [6, 6.07) is 64.5. The van der Waals surface area contributed by atoms with E-state index < -0.39 is 19.2 Å². The molecule has 0 saturated heterocycles. The van der Waals surface area contributed by atoms with Gasteiger partial charge in [0, 0.05) is 31.2 Å². The first-order valence-electron chi connectivity index (χ1n) is 24.1. The van der Waals surface area contributed by atoms with Crippen LogP contribution in [0.1, 0.15) is 38.5 Å². The Morgan fingerprint density at radius 1 is 0.657 bits per heavy atom. The second kappa shape index (κ2) is 19.9. The van der Waals surface area contributed by atoms with Gasteiger partial charge in [-0.2, -0.15) is 0 Å². The number of rotatable bonds is 8. The number of hydrogen-bond donors (Lipinski definition) is 0. The van der Waals surface area contributed by atoms with Gasteiger partial charge in [0.05, 0.1) is 22.4 Å². The number of halogens is 2. The quantitative estimate of drug-likeness (QED) is 0.112. The van der Waals surface area contributed by atoms with Crippen molar-refractivity contribution in [3.05, 3.63) is 218 Å². The molecule has 3 heterocycles. The number of nitrogens with zero attached hydrogens (tertiary/aromatic N) is 3. The molecular weight excluding hydrogens is 1110 g/mol. The summed E-state index contributed by atoms with van der Waals surface area (Å²) in [4.78, 5) is 9.85. The van der Waals surface area contributed by atoms with Gasteiger partial charge in [-0.1, -0.05) is 89.8 Å². The second-order valence-electron chi connectivity index (χ2n) is 18.7. The Kier molecular flexibility index (Phi) is 13.0. The van der Waals surface area contributed by atoms with Gasteiger partial charge in [0.15, 0.2) is 0 Å². The van der Waals surface area contributed by atoms with Crippen molar-refractivity contribution in [1.29, 1.82) is 0 Å². The van der Waals surface area contributed by atoms with Crippen LogP contribution in [0.15, 0.2) is 193 Å². The molecule has 1 fully saturated rings. The Morgan fingerprint density at radius 3 is 2.07 bits per heavy atom. The van der Waals surface area contributed by atoms with Gasteiger partial charge in [-0.15, -0.1) is 18.2 Å². The molecule has 347 valence electrons. The molecule has 3 aromatic heterocycles. The molecule has 1 saturated carbocycles. The molecule has 0 amide bonds. The predicted molar refractivity (Wildman–Crippen MR) is 282 cm³/mol. The van der Waals surface area contributed by atoms with E-state index in [1.807, 2.05) is 72.8 Å². The Balaban J connectivity index is 0.000000213. The first kappa shape index (κ1) is 45.7. The van der Waals surface area contributed by atoms with Crippen molar-refractivity contribution in [1.82, 2.24) is 14.5 Å². The van der Waals surface area contributed by atoms with Crippen molar-refractivity contribution >= 4 is 50.6 Å². The Bertz CT molecular complexity index is 3680. The molecule has 1 aliphatic rings. The van der Waals surface area contributed by atoms with Crippen LogP contribution < -0.4 is 4.40 Å². The molecule has 0 N–H and O–H groups in total. The van der Waals surface area contributed by atoms with Gasteiger partial charge >= 0.3 is 132 Å². The summed E-state index contributed by atoms with van der Waals surface area (Å²) in [5.74, 6) is 6.87. The summed E-state index contributed by atoms with van der Waals surface area (Å²) in [7, 11) is 0. The van der Waals surface area contributed by atoms with E-state index >= 15 is 0 Å². The molecule has 0 bridgehead atoms. The third-order valence-electron chi connectivity index (χ3n) is 13.1.